The van der Waals surface area contributed by atoms with Crippen molar-refractivity contribution in [3.8, 4) is 0 Å². The van der Waals surface area contributed by atoms with Gasteiger partial charge in [-0.1, -0.05) is 38.7 Å². The van der Waals surface area contributed by atoms with Crippen molar-refractivity contribution < 1.29 is 9.18 Å². The van der Waals surface area contributed by atoms with Crippen LogP contribution in [0.3, 0.4) is 0 Å². The molecule has 0 aliphatic heterocycles. The highest BCUT2D eigenvalue weighted by molar-refractivity contribution is 5.97. The van der Waals surface area contributed by atoms with Crippen molar-refractivity contribution in [3.63, 3.8) is 0 Å². The van der Waals surface area contributed by atoms with Gasteiger partial charge in [-0.2, -0.15) is 0 Å². The summed E-state index contributed by atoms with van der Waals surface area (Å²) in [5.41, 5.74) is 6.02. The number of carbonyl (C=O) groups is 1. The van der Waals surface area contributed by atoms with Crippen LogP contribution in [0.15, 0.2) is 47.9 Å². The number of primary amides is 1. The van der Waals surface area contributed by atoms with E-state index < -0.39 is 5.91 Å². The standard InChI is InChI=1S/C13H18FNO/c1-4-7-10(9-11(14)6-3)12(8-5-2)13(15)16/h4,7-9H,1,5-6H2,2-3H3,(H2,15,16)/b10-7+,11-9+,12-8+. The maximum Gasteiger partial charge on any atom is 0.248 e. The number of amides is 1. The van der Waals surface area contributed by atoms with E-state index in [9.17, 15) is 9.18 Å². The van der Waals surface area contributed by atoms with Gasteiger partial charge in [0.2, 0.25) is 5.91 Å². The van der Waals surface area contributed by atoms with Crippen molar-refractivity contribution in [2.45, 2.75) is 26.7 Å². The smallest absolute Gasteiger partial charge is 0.248 e. The Balaban J connectivity index is 5.35. The van der Waals surface area contributed by atoms with Crippen LogP contribution in [0.5, 0.6) is 0 Å². The van der Waals surface area contributed by atoms with Crippen molar-refractivity contribution in [1.29, 1.82) is 0 Å². The van der Waals surface area contributed by atoms with Crippen molar-refractivity contribution in [2.75, 3.05) is 0 Å². The van der Waals surface area contributed by atoms with Crippen LogP contribution in [0.1, 0.15) is 26.7 Å². The third-order valence-electron chi connectivity index (χ3n) is 1.93. The van der Waals surface area contributed by atoms with E-state index in [1.54, 1.807) is 19.1 Å². The lowest BCUT2D eigenvalue weighted by molar-refractivity contribution is -0.114. The van der Waals surface area contributed by atoms with E-state index in [-0.39, 0.29) is 12.2 Å². The Morgan fingerprint density at radius 1 is 1.44 bits per heavy atom. The summed E-state index contributed by atoms with van der Waals surface area (Å²) in [6, 6.07) is 0. The molecule has 0 saturated heterocycles. The fraction of sp³-hybridized carbons (Fsp3) is 0.308. The topological polar surface area (TPSA) is 43.1 Å². The summed E-state index contributed by atoms with van der Waals surface area (Å²) in [7, 11) is 0. The molecule has 0 unspecified atom stereocenters. The van der Waals surface area contributed by atoms with Crippen molar-refractivity contribution in [1.82, 2.24) is 0 Å². The largest absolute Gasteiger partial charge is 0.366 e. The summed E-state index contributed by atoms with van der Waals surface area (Å²) in [6.45, 7) is 7.11. The summed E-state index contributed by atoms with van der Waals surface area (Å²) < 4.78 is 13.2. The SMILES string of the molecule is C=C/C=C(\C=C(\F)CC)C(=C\CC)/C(N)=O. The van der Waals surface area contributed by atoms with Gasteiger partial charge in [0.15, 0.2) is 0 Å². The monoisotopic (exact) mass is 223 g/mol. The second-order valence-corrected chi connectivity index (χ2v) is 3.19. The summed E-state index contributed by atoms with van der Waals surface area (Å²) in [6.07, 6.45) is 7.01. The zero-order chi connectivity index (χ0) is 12.6. The molecule has 0 aromatic rings. The van der Waals surface area contributed by atoms with Crippen LogP contribution in [-0.4, -0.2) is 5.91 Å². The third kappa shape index (κ3) is 4.73. The molecule has 0 radical (unpaired) electrons. The first-order chi connectivity index (χ1) is 7.56. The Morgan fingerprint density at radius 3 is 2.44 bits per heavy atom. The Morgan fingerprint density at radius 2 is 2.06 bits per heavy atom. The highest BCUT2D eigenvalue weighted by Gasteiger charge is 2.08. The van der Waals surface area contributed by atoms with Gasteiger partial charge in [-0.25, -0.2) is 4.39 Å². The first-order valence-electron chi connectivity index (χ1n) is 5.25. The molecule has 0 aliphatic carbocycles. The van der Waals surface area contributed by atoms with E-state index >= 15 is 0 Å². The van der Waals surface area contributed by atoms with Gasteiger partial charge in [0.25, 0.3) is 0 Å². The molecule has 0 heterocycles. The predicted molar refractivity (Wildman–Crippen MR) is 65.3 cm³/mol. The number of nitrogens with two attached hydrogens (primary N) is 1. The maximum absolute atomic E-state index is 13.2. The lowest BCUT2D eigenvalue weighted by atomic mass is 10.0. The average molecular weight is 223 g/mol. The lowest BCUT2D eigenvalue weighted by Gasteiger charge is -2.04. The minimum Gasteiger partial charge on any atom is -0.366 e. The normalized spacial score (nSPS) is 13.8. The number of carbonyl (C=O) groups excluding carboxylic acids is 1. The first-order valence-corrected chi connectivity index (χ1v) is 5.25. The second kappa shape index (κ2) is 7.63. The van der Waals surface area contributed by atoms with Crippen LogP contribution >= 0.6 is 0 Å². The fourth-order valence-electron chi connectivity index (χ4n) is 1.18. The van der Waals surface area contributed by atoms with E-state index in [1.165, 1.54) is 12.2 Å². The van der Waals surface area contributed by atoms with Crippen LogP contribution in [0.4, 0.5) is 4.39 Å². The predicted octanol–water partition coefficient (Wildman–Crippen LogP) is 3.18. The molecule has 0 fully saturated rings. The Kier molecular flexibility index (Phi) is 6.84. The van der Waals surface area contributed by atoms with Gasteiger partial charge >= 0.3 is 0 Å². The molecule has 1 amide bonds. The Bertz CT molecular complexity index is 351. The highest BCUT2D eigenvalue weighted by atomic mass is 19.1. The maximum atomic E-state index is 13.2. The highest BCUT2D eigenvalue weighted by Crippen LogP contribution is 2.16. The van der Waals surface area contributed by atoms with Crippen LogP contribution in [0.2, 0.25) is 0 Å². The van der Waals surface area contributed by atoms with E-state index in [1.807, 2.05) is 6.92 Å². The summed E-state index contributed by atoms with van der Waals surface area (Å²) in [5, 5.41) is 0. The van der Waals surface area contributed by atoms with Gasteiger partial charge in [0, 0.05) is 5.57 Å². The third-order valence-corrected chi connectivity index (χ3v) is 1.93. The number of halogens is 1. The van der Waals surface area contributed by atoms with Crippen LogP contribution in [0, 0.1) is 0 Å². The van der Waals surface area contributed by atoms with Crippen LogP contribution in [-0.2, 0) is 4.79 Å². The van der Waals surface area contributed by atoms with Gasteiger partial charge in [-0.05, 0) is 24.5 Å². The van der Waals surface area contributed by atoms with Crippen molar-refractivity contribution in [2.24, 2.45) is 5.73 Å². The minimum atomic E-state index is -0.560. The Hall–Kier alpha value is -1.64. The number of rotatable bonds is 6. The van der Waals surface area contributed by atoms with Gasteiger partial charge in [-0.3, -0.25) is 4.79 Å². The molecule has 0 aromatic carbocycles. The van der Waals surface area contributed by atoms with Crippen LogP contribution < -0.4 is 5.73 Å². The fourth-order valence-corrected chi connectivity index (χ4v) is 1.18. The second-order valence-electron chi connectivity index (χ2n) is 3.19. The van der Waals surface area contributed by atoms with Crippen molar-refractivity contribution in [3.05, 3.63) is 47.9 Å². The van der Waals surface area contributed by atoms with Gasteiger partial charge in [-0.15, -0.1) is 0 Å². The molecule has 0 atom stereocenters. The molecule has 3 heteroatoms. The summed E-state index contributed by atoms with van der Waals surface area (Å²) >= 11 is 0. The number of hydrogen-bond donors (Lipinski definition) is 1. The van der Waals surface area contributed by atoms with Gasteiger partial charge in [0.1, 0.15) is 5.83 Å². The molecule has 88 valence electrons. The van der Waals surface area contributed by atoms with Gasteiger partial charge < -0.3 is 5.73 Å². The number of hydrogen-bond acceptors (Lipinski definition) is 1. The summed E-state index contributed by atoms with van der Waals surface area (Å²) in [5.74, 6) is -0.855. The molecule has 2 nitrogen and oxygen atoms in total. The molecular weight excluding hydrogens is 205 g/mol. The molecular formula is C13H18FNO. The Labute approximate surface area is 96.0 Å². The molecule has 0 aliphatic rings. The number of allylic oxidation sites excluding steroid dienone is 5. The zero-order valence-electron chi connectivity index (χ0n) is 9.79. The summed E-state index contributed by atoms with van der Waals surface area (Å²) in [4.78, 5) is 11.2. The van der Waals surface area contributed by atoms with E-state index in [2.05, 4.69) is 6.58 Å². The molecule has 2 N–H and O–H groups in total. The molecule has 0 rings (SSSR count). The average Bonchev–Trinajstić information content (AvgIpc) is 2.24. The first kappa shape index (κ1) is 14.4. The minimum absolute atomic E-state index is 0.284. The molecule has 16 heavy (non-hydrogen) atoms. The zero-order valence-corrected chi connectivity index (χ0v) is 9.79. The van der Waals surface area contributed by atoms with Crippen molar-refractivity contribution >= 4 is 5.91 Å². The van der Waals surface area contributed by atoms with E-state index in [4.69, 9.17) is 5.73 Å². The van der Waals surface area contributed by atoms with Crippen LogP contribution in [0.25, 0.3) is 0 Å². The molecule has 0 bridgehead atoms. The lowest BCUT2D eigenvalue weighted by Crippen LogP contribution is -2.15. The van der Waals surface area contributed by atoms with E-state index in [0.717, 1.165) is 0 Å². The molecule has 0 saturated carbocycles. The van der Waals surface area contributed by atoms with E-state index in [0.29, 0.717) is 17.6 Å². The molecule has 0 spiro atoms. The quantitative estimate of drug-likeness (QED) is 0.545. The molecule has 0 aromatic heterocycles. The van der Waals surface area contributed by atoms with Gasteiger partial charge in [0.05, 0.1) is 0 Å².